The number of hydroxylamine groups is 1. The summed E-state index contributed by atoms with van der Waals surface area (Å²) in [6, 6.07) is 12.1. The second-order valence-electron chi connectivity index (χ2n) is 7.04. The molecule has 1 heterocycles. The number of unbranched alkanes of at least 4 members (excludes halogenated alkanes) is 1. The smallest absolute Gasteiger partial charge is 0.412 e. The predicted molar refractivity (Wildman–Crippen MR) is 117 cm³/mol. The van der Waals surface area contributed by atoms with Crippen LogP contribution >= 0.6 is 0 Å². The molecule has 10 heteroatoms. The van der Waals surface area contributed by atoms with Crippen molar-refractivity contribution >= 4 is 17.7 Å². The van der Waals surface area contributed by atoms with E-state index >= 15 is 0 Å². The molecule has 0 radical (unpaired) electrons. The summed E-state index contributed by atoms with van der Waals surface area (Å²) >= 11 is 0. The Morgan fingerprint density at radius 2 is 2.00 bits per heavy atom. The molecule has 4 N–H and O–H groups in total. The summed E-state index contributed by atoms with van der Waals surface area (Å²) in [7, 11) is 0. The molecule has 0 bridgehead atoms. The monoisotopic (exact) mass is 458 g/mol. The van der Waals surface area contributed by atoms with Crippen molar-refractivity contribution in [2.45, 2.75) is 25.4 Å². The van der Waals surface area contributed by atoms with Gasteiger partial charge in [-0.2, -0.15) is 0 Å². The van der Waals surface area contributed by atoms with Crippen molar-refractivity contribution in [3.05, 3.63) is 60.2 Å². The molecule has 10 nitrogen and oxygen atoms in total. The molecule has 0 saturated heterocycles. The molecule has 1 atom stereocenters. The molecule has 0 aliphatic carbocycles. The quantitative estimate of drug-likeness (QED) is 0.174. The van der Waals surface area contributed by atoms with Gasteiger partial charge in [-0.1, -0.05) is 18.2 Å². The number of carbonyl (C=O) groups excluding carboxylic acids is 2. The molecule has 2 aromatic rings. The third kappa shape index (κ3) is 7.41. The Hall–Kier alpha value is -3.76. The highest BCUT2D eigenvalue weighted by Crippen LogP contribution is 2.34. The number of anilines is 1. The lowest BCUT2D eigenvalue weighted by atomic mass is 10.0. The van der Waals surface area contributed by atoms with Crippen molar-refractivity contribution in [3.8, 4) is 17.2 Å². The summed E-state index contributed by atoms with van der Waals surface area (Å²) in [6.07, 6.45) is 3.24. The Labute approximate surface area is 190 Å². The van der Waals surface area contributed by atoms with Crippen LogP contribution in [0.25, 0.3) is 0 Å². The normalized spacial score (nSPS) is 12.9. The van der Waals surface area contributed by atoms with Crippen LogP contribution in [0.2, 0.25) is 0 Å². The van der Waals surface area contributed by atoms with Crippen LogP contribution in [0.15, 0.2) is 54.6 Å². The van der Waals surface area contributed by atoms with E-state index in [2.05, 4.69) is 5.32 Å². The Kier molecular flexibility index (Phi) is 8.92. The average molecular weight is 458 g/mol. The number of amides is 2. The number of rotatable bonds is 11. The number of ether oxygens (including phenoxy) is 4. The SMILES string of the molecule is O=C(/C=C/CCC[C@H](OC(=O)Nc1ccc2c(c1)OCO2)c1cccc(OCCO)c1)NO. The summed E-state index contributed by atoms with van der Waals surface area (Å²) in [5, 5.41) is 20.2. The summed E-state index contributed by atoms with van der Waals surface area (Å²) < 4.78 is 21.7. The van der Waals surface area contributed by atoms with Gasteiger partial charge in [0.15, 0.2) is 11.5 Å². The van der Waals surface area contributed by atoms with Crippen molar-refractivity contribution < 1.29 is 38.9 Å². The van der Waals surface area contributed by atoms with Crippen molar-refractivity contribution in [1.29, 1.82) is 0 Å². The van der Waals surface area contributed by atoms with Crippen LogP contribution in [0.3, 0.4) is 0 Å². The number of fused-ring (bicyclic) bond motifs is 1. The molecule has 0 spiro atoms. The first-order valence-electron chi connectivity index (χ1n) is 10.4. The molecule has 0 aromatic heterocycles. The number of aliphatic hydroxyl groups is 1. The predicted octanol–water partition coefficient (Wildman–Crippen LogP) is 3.31. The van der Waals surface area contributed by atoms with E-state index < -0.39 is 18.1 Å². The highest BCUT2D eigenvalue weighted by Gasteiger charge is 2.19. The van der Waals surface area contributed by atoms with Crippen LogP contribution in [-0.2, 0) is 9.53 Å². The first-order chi connectivity index (χ1) is 16.1. The van der Waals surface area contributed by atoms with Crippen LogP contribution in [0.5, 0.6) is 17.2 Å². The minimum absolute atomic E-state index is 0.115. The van der Waals surface area contributed by atoms with E-state index in [0.29, 0.717) is 42.2 Å². The van der Waals surface area contributed by atoms with E-state index in [1.807, 2.05) is 6.07 Å². The van der Waals surface area contributed by atoms with Crippen LogP contribution in [0, 0.1) is 0 Å². The average Bonchev–Trinajstić information content (AvgIpc) is 3.29. The lowest BCUT2D eigenvalue weighted by Crippen LogP contribution is -2.18. The van der Waals surface area contributed by atoms with Gasteiger partial charge in [0.05, 0.1) is 6.61 Å². The molecule has 1 aliphatic heterocycles. The molecule has 1 aliphatic rings. The molecule has 33 heavy (non-hydrogen) atoms. The summed E-state index contributed by atoms with van der Waals surface area (Å²) in [5.74, 6) is 1.08. The Bertz CT molecular complexity index is 979. The zero-order chi connectivity index (χ0) is 23.5. The van der Waals surface area contributed by atoms with Crippen LogP contribution < -0.4 is 25.0 Å². The van der Waals surface area contributed by atoms with Gasteiger partial charge in [0.1, 0.15) is 18.5 Å². The molecule has 2 aromatic carbocycles. The zero-order valence-electron chi connectivity index (χ0n) is 17.9. The number of benzene rings is 2. The Balaban J connectivity index is 1.65. The largest absolute Gasteiger partial charge is 0.491 e. The number of allylic oxidation sites excluding steroid dienone is 1. The van der Waals surface area contributed by atoms with Crippen molar-refractivity contribution in [3.63, 3.8) is 0 Å². The third-order valence-corrected chi connectivity index (χ3v) is 4.67. The van der Waals surface area contributed by atoms with Crippen molar-refractivity contribution in [1.82, 2.24) is 5.48 Å². The van der Waals surface area contributed by atoms with Gasteiger partial charge in [0.2, 0.25) is 6.79 Å². The third-order valence-electron chi connectivity index (χ3n) is 4.67. The Morgan fingerprint density at radius 1 is 1.15 bits per heavy atom. The van der Waals surface area contributed by atoms with Crippen molar-refractivity contribution in [2.75, 3.05) is 25.3 Å². The van der Waals surface area contributed by atoms with E-state index in [-0.39, 0.29) is 20.0 Å². The van der Waals surface area contributed by atoms with Gasteiger partial charge in [0, 0.05) is 17.8 Å². The molecule has 3 rings (SSSR count). The number of aliphatic hydroxyl groups excluding tert-OH is 1. The lowest BCUT2D eigenvalue weighted by Gasteiger charge is -2.19. The van der Waals surface area contributed by atoms with Crippen LogP contribution in [0.4, 0.5) is 10.5 Å². The summed E-state index contributed by atoms with van der Waals surface area (Å²) in [4.78, 5) is 23.7. The maximum atomic E-state index is 12.6. The second kappa shape index (κ2) is 12.3. The maximum absolute atomic E-state index is 12.6. The van der Waals surface area contributed by atoms with Gasteiger partial charge in [-0.15, -0.1) is 0 Å². The Morgan fingerprint density at radius 3 is 2.82 bits per heavy atom. The van der Waals surface area contributed by atoms with E-state index in [1.54, 1.807) is 42.5 Å². The number of carbonyl (C=O) groups is 2. The lowest BCUT2D eigenvalue weighted by molar-refractivity contribution is -0.124. The van der Waals surface area contributed by atoms with Gasteiger partial charge in [-0.25, -0.2) is 10.3 Å². The molecule has 2 amide bonds. The molecular weight excluding hydrogens is 432 g/mol. The van der Waals surface area contributed by atoms with E-state index in [4.69, 9.17) is 29.3 Å². The summed E-state index contributed by atoms with van der Waals surface area (Å²) in [5.41, 5.74) is 2.75. The number of nitrogens with one attached hydrogen (secondary N) is 2. The molecule has 0 unspecified atom stereocenters. The molecule has 0 saturated carbocycles. The van der Waals surface area contributed by atoms with Crippen LogP contribution in [0.1, 0.15) is 30.9 Å². The van der Waals surface area contributed by atoms with Gasteiger partial charge in [0.25, 0.3) is 5.91 Å². The van der Waals surface area contributed by atoms with Gasteiger partial charge in [-0.05, 0) is 49.1 Å². The number of hydrogen-bond acceptors (Lipinski definition) is 8. The topological polar surface area (TPSA) is 136 Å². The number of hydrogen-bond donors (Lipinski definition) is 4. The summed E-state index contributed by atoms with van der Waals surface area (Å²) in [6.45, 7) is 0.168. The molecular formula is C23H26N2O8. The second-order valence-corrected chi connectivity index (χ2v) is 7.04. The highest BCUT2D eigenvalue weighted by atomic mass is 16.7. The van der Waals surface area contributed by atoms with E-state index in [1.165, 1.54) is 11.6 Å². The molecule has 176 valence electrons. The fourth-order valence-corrected chi connectivity index (χ4v) is 3.16. The van der Waals surface area contributed by atoms with E-state index in [9.17, 15) is 9.59 Å². The fourth-order valence-electron chi connectivity index (χ4n) is 3.16. The maximum Gasteiger partial charge on any atom is 0.412 e. The van der Waals surface area contributed by atoms with Gasteiger partial charge >= 0.3 is 6.09 Å². The zero-order valence-corrected chi connectivity index (χ0v) is 17.9. The minimum atomic E-state index is -0.643. The first kappa shape index (κ1) is 23.9. The van der Waals surface area contributed by atoms with Crippen LogP contribution in [-0.4, -0.2) is 42.3 Å². The van der Waals surface area contributed by atoms with Crippen molar-refractivity contribution in [2.24, 2.45) is 0 Å². The van der Waals surface area contributed by atoms with E-state index in [0.717, 1.165) is 5.56 Å². The fraction of sp³-hybridized carbons (Fsp3) is 0.304. The standard InChI is InChI=1S/C23H26N2O8/c26-11-12-30-18-6-4-5-16(13-18)19(7-2-1-3-8-22(27)25-29)33-23(28)24-17-9-10-20-21(14-17)32-15-31-20/h3-6,8-10,13-14,19,26,29H,1-2,7,11-12,15H2,(H,24,28)(H,25,27)/b8-3+/t19-/m0/s1. The molecule has 0 fully saturated rings. The van der Waals surface area contributed by atoms with Gasteiger partial charge < -0.3 is 24.1 Å². The minimum Gasteiger partial charge on any atom is -0.491 e. The van der Waals surface area contributed by atoms with Gasteiger partial charge in [-0.3, -0.25) is 15.3 Å². The highest BCUT2D eigenvalue weighted by molar-refractivity contribution is 5.86. The first-order valence-corrected chi connectivity index (χ1v) is 10.4.